The highest BCUT2D eigenvalue weighted by Crippen LogP contribution is 2.36. The number of thioether (sulfide) groups is 1. The van der Waals surface area contributed by atoms with Gasteiger partial charge in [0.2, 0.25) is 5.91 Å². The first-order valence-corrected chi connectivity index (χ1v) is 7.97. The van der Waals surface area contributed by atoms with E-state index >= 15 is 0 Å². The average Bonchev–Trinajstić information content (AvgIpc) is 2.55. The molecule has 1 N–H and O–H groups in total. The lowest BCUT2D eigenvalue weighted by atomic mass is 10.2. The van der Waals surface area contributed by atoms with Gasteiger partial charge in [-0.2, -0.15) is 0 Å². The van der Waals surface area contributed by atoms with Crippen molar-refractivity contribution in [1.29, 1.82) is 0 Å². The molecule has 0 aromatic heterocycles. The number of rotatable bonds is 4. The summed E-state index contributed by atoms with van der Waals surface area (Å²) in [5.41, 5.74) is 1.06. The molecule has 2 aromatic rings. The van der Waals surface area contributed by atoms with Gasteiger partial charge >= 0.3 is 5.97 Å². The van der Waals surface area contributed by atoms with Crippen molar-refractivity contribution in [1.82, 2.24) is 0 Å². The standard InChI is InChI=1S/C17H14FNO3S/c18-12-6-2-1-5-11(12)10-22-16(20)9-15-17(21)19-13-7-3-4-8-14(13)23-15/h1-8,15H,9-10H2,(H,19,21). The predicted octanol–water partition coefficient (Wildman–Crippen LogP) is 3.37. The number of fused-ring (bicyclic) bond motifs is 1. The van der Waals surface area contributed by atoms with Gasteiger partial charge in [0.05, 0.1) is 17.4 Å². The second kappa shape index (κ2) is 6.83. The van der Waals surface area contributed by atoms with Gasteiger partial charge in [-0.05, 0) is 18.2 Å². The molecule has 6 heteroatoms. The highest BCUT2D eigenvalue weighted by Gasteiger charge is 2.29. The van der Waals surface area contributed by atoms with Gasteiger partial charge in [-0.1, -0.05) is 30.3 Å². The van der Waals surface area contributed by atoms with Crippen molar-refractivity contribution in [3.8, 4) is 0 Å². The molecule has 0 radical (unpaired) electrons. The van der Waals surface area contributed by atoms with Crippen LogP contribution in [0.5, 0.6) is 0 Å². The lowest BCUT2D eigenvalue weighted by Crippen LogP contribution is -2.31. The smallest absolute Gasteiger partial charge is 0.307 e. The van der Waals surface area contributed by atoms with E-state index in [9.17, 15) is 14.0 Å². The number of amides is 1. The second-order valence-corrected chi connectivity index (χ2v) is 6.29. The van der Waals surface area contributed by atoms with Gasteiger partial charge in [-0.15, -0.1) is 11.8 Å². The number of esters is 1. The van der Waals surface area contributed by atoms with Crippen molar-refractivity contribution in [2.45, 2.75) is 23.2 Å². The molecule has 2 aromatic carbocycles. The van der Waals surface area contributed by atoms with Crippen LogP contribution < -0.4 is 5.32 Å². The molecule has 1 atom stereocenters. The number of hydrogen-bond donors (Lipinski definition) is 1. The quantitative estimate of drug-likeness (QED) is 0.873. The molecule has 1 aliphatic heterocycles. The molecular weight excluding hydrogens is 317 g/mol. The van der Waals surface area contributed by atoms with Crippen LogP contribution in [-0.2, 0) is 20.9 Å². The first-order chi connectivity index (χ1) is 11.1. The van der Waals surface area contributed by atoms with Crippen LogP contribution in [0.1, 0.15) is 12.0 Å². The molecule has 1 heterocycles. The van der Waals surface area contributed by atoms with E-state index in [2.05, 4.69) is 5.32 Å². The van der Waals surface area contributed by atoms with E-state index in [0.29, 0.717) is 5.56 Å². The molecule has 1 aliphatic rings. The maximum atomic E-state index is 13.5. The average molecular weight is 331 g/mol. The summed E-state index contributed by atoms with van der Waals surface area (Å²) in [5, 5.41) is 2.23. The minimum Gasteiger partial charge on any atom is -0.461 e. The van der Waals surface area contributed by atoms with Gasteiger partial charge in [-0.3, -0.25) is 9.59 Å². The van der Waals surface area contributed by atoms with E-state index in [0.717, 1.165) is 10.6 Å². The van der Waals surface area contributed by atoms with Crippen molar-refractivity contribution in [3.05, 3.63) is 59.9 Å². The molecule has 1 amide bonds. The van der Waals surface area contributed by atoms with E-state index in [1.807, 2.05) is 24.3 Å². The lowest BCUT2D eigenvalue weighted by Gasteiger charge is -2.23. The van der Waals surface area contributed by atoms with Gasteiger partial charge in [0.25, 0.3) is 0 Å². The third-order valence-electron chi connectivity index (χ3n) is 3.41. The van der Waals surface area contributed by atoms with E-state index in [1.54, 1.807) is 18.2 Å². The molecule has 3 rings (SSSR count). The van der Waals surface area contributed by atoms with Gasteiger partial charge in [0, 0.05) is 10.5 Å². The van der Waals surface area contributed by atoms with Crippen LogP contribution >= 0.6 is 11.8 Å². The monoisotopic (exact) mass is 331 g/mol. The number of benzene rings is 2. The molecule has 118 valence electrons. The molecule has 0 saturated heterocycles. The first-order valence-electron chi connectivity index (χ1n) is 7.09. The Balaban J connectivity index is 1.58. The van der Waals surface area contributed by atoms with Crippen LogP contribution in [0.3, 0.4) is 0 Å². The fraction of sp³-hybridized carbons (Fsp3) is 0.176. The van der Waals surface area contributed by atoms with Crippen molar-refractivity contribution >= 4 is 29.3 Å². The third-order valence-corrected chi connectivity index (χ3v) is 4.68. The van der Waals surface area contributed by atoms with Crippen molar-refractivity contribution in [2.24, 2.45) is 0 Å². The minimum absolute atomic E-state index is 0.0563. The van der Waals surface area contributed by atoms with Crippen molar-refractivity contribution in [2.75, 3.05) is 5.32 Å². The van der Waals surface area contributed by atoms with Gasteiger partial charge in [0.1, 0.15) is 12.4 Å². The van der Waals surface area contributed by atoms with Crippen molar-refractivity contribution in [3.63, 3.8) is 0 Å². The zero-order chi connectivity index (χ0) is 16.2. The molecule has 0 bridgehead atoms. The molecule has 0 saturated carbocycles. The number of carbonyl (C=O) groups is 2. The first kappa shape index (κ1) is 15.6. The van der Waals surface area contributed by atoms with E-state index in [-0.39, 0.29) is 18.9 Å². The van der Waals surface area contributed by atoms with Crippen LogP contribution in [-0.4, -0.2) is 17.1 Å². The predicted molar refractivity (Wildman–Crippen MR) is 85.5 cm³/mol. The molecule has 23 heavy (non-hydrogen) atoms. The summed E-state index contributed by atoms with van der Waals surface area (Å²) in [4.78, 5) is 24.9. The number of anilines is 1. The largest absolute Gasteiger partial charge is 0.461 e. The van der Waals surface area contributed by atoms with Crippen LogP contribution in [0.25, 0.3) is 0 Å². The minimum atomic E-state index is -0.543. The van der Waals surface area contributed by atoms with Crippen LogP contribution in [0.15, 0.2) is 53.4 Å². The highest BCUT2D eigenvalue weighted by molar-refractivity contribution is 8.01. The Bertz CT molecular complexity index is 750. The number of para-hydroxylation sites is 1. The number of ether oxygens (including phenoxy) is 1. The number of carbonyl (C=O) groups excluding carboxylic acids is 2. The zero-order valence-electron chi connectivity index (χ0n) is 12.1. The molecule has 0 spiro atoms. The molecule has 0 fully saturated rings. The number of nitrogens with one attached hydrogen (secondary N) is 1. The summed E-state index contributed by atoms with van der Waals surface area (Å²) in [7, 11) is 0. The molecule has 4 nitrogen and oxygen atoms in total. The van der Waals surface area contributed by atoms with Crippen molar-refractivity contribution < 1.29 is 18.7 Å². The maximum absolute atomic E-state index is 13.5. The molecular formula is C17H14FNO3S. The Morgan fingerprint density at radius 1 is 1.17 bits per heavy atom. The Labute approximate surface area is 137 Å². The summed E-state index contributed by atoms with van der Waals surface area (Å²) in [6, 6.07) is 13.5. The van der Waals surface area contributed by atoms with E-state index in [1.165, 1.54) is 17.8 Å². The Hall–Kier alpha value is -2.34. The van der Waals surface area contributed by atoms with Crippen LogP contribution in [0, 0.1) is 5.82 Å². The summed E-state index contributed by atoms with van der Waals surface area (Å²) < 4.78 is 18.5. The summed E-state index contributed by atoms with van der Waals surface area (Å²) in [5.74, 6) is -1.17. The van der Waals surface area contributed by atoms with Crippen LogP contribution in [0.2, 0.25) is 0 Å². The Morgan fingerprint density at radius 2 is 1.91 bits per heavy atom. The number of hydrogen-bond acceptors (Lipinski definition) is 4. The topological polar surface area (TPSA) is 55.4 Å². The Morgan fingerprint density at radius 3 is 2.74 bits per heavy atom. The lowest BCUT2D eigenvalue weighted by molar-refractivity contribution is -0.145. The van der Waals surface area contributed by atoms with E-state index in [4.69, 9.17) is 4.74 Å². The van der Waals surface area contributed by atoms with E-state index < -0.39 is 17.0 Å². The Kier molecular flexibility index (Phi) is 4.62. The maximum Gasteiger partial charge on any atom is 0.307 e. The molecule has 1 unspecified atom stereocenters. The summed E-state index contributed by atoms with van der Waals surface area (Å²) in [6.07, 6.45) is -0.0563. The zero-order valence-corrected chi connectivity index (χ0v) is 12.9. The van der Waals surface area contributed by atoms with Gasteiger partial charge in [-0.25, -0.2) is 4.39 Å². The summed E-state index contributed by atoms with van der Waals surface area (Å²) in [6.45, 7) is -0.138. The van der Waals surface area contributed by atoms with Gasteiger partial charge < -0.3 is 10.1 Å². The fourth-order valence-electron chi connectivity index (χ4n) is 2.21. The summed E-state index contributed by atoms with van der Waals surface area (Å²) >= 11 is 1.33. The van der Waals surface area contributed by atoms with Gasteiger partial charge in [0.15, 0.2) is 0 Å². The number of halogens is 1. The highest BCUT2D eigenvalue weighted by atomic mass is 32.2. The SMILES string of the molecule is O=C(CC1Sc2ccccc2NC1=O)OCc1ccccc1F. The second-order valence-electron chi connectivity index (χ2n) is 5.05. The third kappa shape index (κ3) is 3.71. The molecule has 0 aliphatic carbocycles. The van der Waals surface area contributed by atoms with Crippen LogP contribution in [0.4, 0.5) is 10.1 Å². The fourth-order valence-corrected chi connectivity index (χ4v) is 3.31. The normalized spacial score (nSPS) is 16.4.